The number of carboxylic acid groups (broad SMARTS) is 1. The maximum Gasteiger partial charge on any atom is 0.303 e. The number of unbranched alkanes of at least 4 members (excludes halogenated alkanes) is 16. The van der Waals surface area contributed by atoms with E-state index in [0.717, 1.165) is 57.8 Å². The average molecular weight is 702 g/mol. The van der Waals surface area contributed by atoms with E-state index < -0.39 is 12.1 Å². The van der Waals surface area contributed by atoms with Gasteiger partial charge in [-0.15, -0.1) is 0 Å². The molecule has 4 N–H and O–H groups in total. The van der Waals surface area contributed by atoms with Crippen LogP contribution in [0.5, 0.6) is 0 Å². The van der Waals surface area contributed by atoms with Crippen LogP contribution >= 0.6 is 0 Å². The first-order valence-corrected chi connectivity index (χ1v) is 21.9. The number of hydrogen-bond acceptors (Lipinski definition) is 4. The molecule has 0 spiro atoms. The molecule has 6 unspecified atom stereocenters. The molecule has 11 atom stereocenters. The number of nitrogens with one attached hydrogen (secondary N) is 1. The van der Waals surface area contributed by atoms with Crippen molar-refractivity contribution in [1.29, 1.82) is 0 Å². The first-order chi connectivity index (χ1) is 24.0. The molecule has 4 rings (SSSR count). The highest BCUT2D eigenvalue weighted by atomic mass is 16.4. The molecule has 4 aliphatic carbocycles. The van der Waals surface area contributed by atoms with Crippen LogP contribution in [0.15, 0.2) is 0 Å². The summed E-state index contributed by atoms with van der Waals surface area (Å²) in [5, 5.41) is 36.2. The van der Waals surface area contributed by atoms with E-state index in [1.165, 1.54) is 96.3 Å². The molecule has 4 aliphatic rings. The topological polar surface area (TPSA) is 107 Å². The van der Waals surface area contributed by atoms with Crippen molar-refractivity contribution in [2.75, 3.05) is 0 Å². The number of aliphatic carboxylic acids is 1. The fraction of sp³-hybridized carbons (Fsp3) is 0.955. The van der Waals surface area contributed by atoms with Crippen molar-refractivity contribution in [2.24, 2.45) is 46.3 Å². The second kappa shape index (κ2) is 20.4. The second-order valence-corrected chi connectivity index (χ2v) is 18.5. The first-order valence-electron chi connectivity index (χ1n) is 21.9. The minimum absolute atomic E-state index is 0.0774. The Hall–Kier alpha value is -1.14. The van der Waals surface area contributed by atoms with Crippen LogP contribution in [0.25, 0.3) is 0 Å². The van der Waals surface area contributed by atoms with Gasteiger partial charge in [-0.2, -0.15) is 0 Å². The maximum absolute atomic E-state index is 13.0. The molecule has 50 heavy (non-hydrogen) atoms. The number of rotatable bonds is 23. The van der Waals surface area contributed by atoms with Gasteiger partial charge in [0.25, 0.3) is 0 Å². The molecule has 0 aliphatic heterocycles. The lowest BCUT2D eigenvalue weighted by molar-refractivity contribution is -0.202. The van der Waals surface area contributed by atoms with E-state index in [1.807, 2.05) is 0 Å². The third-order valence-electron chi connectivity index (χ3n) is 15.2. The number of fused-ring (bicyclic) bond motifs is 5. The Morgan fingerprint density at radius 3 is 1.84 bits per heavy atom. The van der Waals surface area contributed by atoms with Crippen LogP contribution in [0.1, 0.15) is 201 Å². The van der Waals surface area contributed by atoms with Gasteiger partial charge in [-0.3, -0.25) is 9.59 Å². The summed E-state index contributed by atoms with van der Waals surface area (Å²) < 4.78 is 0. The second-order valence-electron chi connectivity index (χ2n) is 18.5. The minimum Gasteiger partial charge on any atom is -0.481 e. The molecule has 0 aromatic heterocycles. The van der Waals surface area contributed by atoms with Gasteiger partial charge in [-0.25, -0.2) is 0 Å². The number of amides is 1. The monoisotopic (exact) mass is 702 g/mol. The highest BCUT2D eigenvalue weighted by molar-refractivity contribution is 5.76. The molecule has 0 radical (unpaired) electrons. The summed E-state index contributed by atoms with van der Waals surface area (Å²) >= 11 is 0. The quantitative estimate of drug-likeness (QED) is 0.0794. The highest BCUT2D eigenvalue weighted by Crippen LogP contribution is 2.68. The smallest absolute Gasteiger partial charge is 0.303 e. The van der Waals surface area contributed by atoms with Gasteiger partial charge in [-0.05, 0) is 104 Å². The molecule has 0 bridgehead atoms. The lowest BCUT2D eigenvalue weighted by atomic mass is 9.43. The van der Waals surface area contributed by atoms with Gasteiger partial charge in [-0.1, -0.05) is 130 Å². The van der Waals surface area contributed by atoms with Crippen molar-refractivity contribution >= 4 is 11.9 Å². The normalized spacial score (nSPS) is 35.6. The third kappa shape index (κ3) is 10.7. The predicted octanol–water partition coefficient (Wildman–Crippen LogP) is 10.6. The van der Waals surface area contributed by atoms with Gasteiger partial charge in [0.1, 0.15) is 0 Å². The minimum atomic E-state index is -0.746. The molecular weight excluding hydrogens is 622 g/mol. The largest absolute Gasteiger partial charge is 0.481 e. The van der Waals surface area contributed by atoms with Crippen LogP contribution in [-0.4, -0.2) is 45.4 Å². The van der Waals surface area contributed by atoms with Crippen molar-refractivity contribution in [3.8, 4) is 0 Å². The predicted molar refractivity (Wildman–Crippen MR) is 205 cm³/mol. The molecule has 4 fully saturated rings. The standard InChI is InChI=1S/C44H79NO5/c1-5-6-7-8-9-10-11-12-13-14-15-16-17-18-19-20-21-22-40(48)45-34-27-28-43(3)33(29-34)30-38(46)42-36-25-24-35(32(2)23-26-41(49)50)44(36,4)39(47)31-37(42)43/h32-39,42,46-47H,5-31H2,1-4H3,(H,45,48)(H,49,50)/t32-,33?,34+,35-,36?,37?,38-,39+,42?,43?,44?/m1/s1. The third-order valence-corrected chi connectivity index (χ3v) is 15.2. The number of carbonyl (C=O) groups is 2. The van der Waals surface area contributed by atoms with E-state index >= 15 is 0 Å². The Morgan fingerprint density at radius 1 is 0.720 bits per heavy atom. The Balaban J connectivity index is 1.10. The van der Waals surface area contributed by atoms with E-state index in [1.54, 1.807) is 0 Å². The molecule has 1 amide bonds. The number of carboxylic acids is 1. The first kappa shape index (κ1) is 41.6. The van der Waals surface area contributed by atoms with Crippen molar-refractivity contribution in [3.63, 3.8) is 0 Å². The summed E-state index contributed by atoms with van der Waals surface area (Å²) in [5.41, 5.74) is -0.186. The maximum atomic E-state index is 13.0. The summed E-state index contributed by atoms with van der Waals surface area (Å²) in [6.45, 7) is 9.13. The van der Waals surface area contributed by atoms with Crippen molar-refractivity contribution in [2.45, 2.75) is 219 Å². The molecule has 290 valence electrons. The van der Waals surface area contributed by atoms with Gasteiger partial charge >= 0.3 is 5.97 Å². The summed E-state index contributed by atoms with van der Waals surface area (Å²) in [6.07, 6.45) is 30.1. The highest BCUT2D eigenvalue weighted by Gasteiger charge is 2.65. The number of hydrogen-bond donors (Lipinski definition) is 4. The molecule has 0 saturated heterocycles. The lowest BCUT2D eigenvalue weighted by Gasteiger charge is -2.63. The molecule has 0 aromatic rings. The van der Waals surface area contributed by atoms with E-state index in [-0.39, 0.29) is 53.1 Å². The number of aliphatic hydroxyl groups excluding tert-OH is 2. The van der Waals surface area contributed by atoms with Crippen molar-refractivity contribution in [3.05, 3.63) is 0 Å². The summed E-state index contributed by atoms with van der Waals surface area (Å²) in [6, 6.07) is 0.194. The summed E-state index contributed by atoms with van der Waals surface area (Å²) in [4.78, 5) is 24.2. The molecule has 0 aromatic carbocycles. The Morgan fingerprint density at radius 2 is 1.28 bits per heavy atom. The van der Waals surface area contributed by atoms with Crippen LogP contribution in [0.2, 0.25) is 0 Å². The fourth-order valence-electron chi connectivity index (χ4n) is 12.1. The molecule has 4 saturated carbocycles. The summed E-state index contributed by atoms with van der Waals surface area (Å²) in [7, 11) is 0. The van der Waals surface area contributed by atoms with E-state index in [0.29, 0.717) is 30.6 Å². The lowest BCUT2D eigenvalue weighted by Crippen LogP contribution is -2.63. The molecule has 6 nitrogen and oxygen atoms in total. The van der Waals surface area contributed by atoms with Gasteiger partial charge in [0.05, 0.1) is 12.2 Å². The Bertz CT molecular complexity index is 1020. The van der Waals surface area contributed by atoms with Crippen LogP contribution in [0.4, 0.5) is 0 Å². The number of aliphatic hydroxyl groups is 2. The average Bonchev–Trinajstić information content (AvgIpc) is 3.44. The zero-order valence-electron chi connectivity index (χ0n) is 32.9. The van der Waals surface area contributed by atoms with Crippen LogP contribution < -0.4 is 5.32 Å². The van der Waals surface area contributed by atoms with Crippen LogP contribution in [0.3, 0.4) is 0 Å². The van der Waals surface area contributed by atoms with E-state index in [2.05, 4.69) is 33.0 Å². The SMILES string of the molecule is CCCCCCCCCCCCCCCCCCCC(=O)N[C@H]1CCC2(C)C(C1)C[C@@H](O)C1C2C[C@H](O)C2(C)C1CC[C@@H]2[C@H](C)CCC(=O)O. The van der Waals surface area contributed by atoms with Crippen LogP contribution in [-0.2, 0) is 9.59 Å². The van der Waals surface area contributed by atoms with Crippen LogP contribution in [0, 0.1) is 46.3 Å². The molecular formula is C44H79NO5. The van der Waals surface area contributed by atoms with E-state index in [9.17, 15) is 24.9 Å². The van der Waals surface area contributed by atoms with Gasteiger partial charge in [0.2, 0.25) is 5.91 Å². The number of carbonyl (C=O) groups excluding carboxylic acids is 1. The zero-order valence-corrected chi connectivity index (χ0v) is 32.9. The Kier molecular flexibility index (Phi) is 16.9. The van der Waals surface area contributed by atoms with Crippen molar-refractivity contribution in [1.82, 2.24) is 5.32 Å². The zero-order chi connectivity index (χ0) is 36.1. The summed E-state index contributed by atoms with van der Waals surface area (Å²) in [5.74, 6) is 1.14. The molecule has 0 heterocycles. The fourth-order valence-corrected chi connectivity index (χ4v) is 12.1. The van der Waals surface area contributed by atoms with E-state index in [4.69, 9.17) is 0 Å². The van der Waals surface area contributed by atoms with Gasteiger partial charge in [0.15, 0.2) is 0 Å². The van der Waals surface area contributed by atoms with Gasteiger partial charge in [0, 0.05) is 18.9 Å². The Labute approximate surface area is 307 Å². The van der Waals surface area contributed by atoms with Gasteiger partial charge < -0.3 is 20.6 Å². The molecule has 6 heteroatoms. The van der Waals surface area contributed by atoms with Crippen molar-refractivity contribution < 1.29 is 24.9 Å².